The fourth-order valence-corrected chi connectivity index (χ4v) is 4.27. The molecule has 0 saturated heterocycles. The molecule has 4 rings (SSSR count). The number of carbonyl (C=O) groups excluding carboxylic acids is 2. The zero-order chi connectivity index (χ0) is 22.5. The van der Waals surface area contributed by atoms with Gasteiger partial charge in [0.2, 0.25) is 6.10 Å². The number of ether oxygens (including phenoxy) is 4. The molecule has 8 heteroatoms. The highest BCUT2D eigenvalue weighted by molar-refractivity contribution is 7.15. The molecule has 0 aliphatic carbocycles. The lowest BCUT2D eigenvalue weighted by Gasteiger charge is -2.25. The highest BCUT2D eigenvalue weighted by atomic mass is 32.1. The summed E-state index contributed by atoms with van der Waals surface area (Å²) in [6.07, 6.45) is -0.837. The number of hydrogen-bond acceptors (Lipinski definition) is 7. The van der Waals surface area contributed by atoms with Crippen molar-refractivity contribution in [2.24, 2.45) is 0 Å². The van der Waals surface area contributed by atoms with Gasteiger partial charge in [-0.1, -0.05) is 24.3 Å². The minimum Gasteiger partial charge on any atom is -0.494 e. The van der Waals surface area contributed by atoms with E-state index in [0.717, 1.165) is 11.3 Å². The van der Waals surface area contributed by atoms with Crippen LogP contribution in [0.2, 0.25) is 0 Å². The second kappa shape index (κ2) is 9.74. The van der Waals surface area contributed by atoms with Crippen LogP contribution in [0.25, 0.3) is 11.1 Å². The van der Waals surface area contributed by atoms with Gasteiger partial charge in [0.1, 0.15) is 22.9 Å². The van der Waals surface area contributed by atoms with Crippen LogP contribution < -0.4 is 19.5 Å². The van der Waals surface area contributed by atoms with Crippen molar-refractivity contribution in [2.75, 3.05) is 25.1 Å². The summed E-state index contributed by atoms with van der Waals surface area (Å²) in [6, 6.07) is 14.6. The number of esters is 1. The molecular weight excluding hydrogens is 430 g/mol. The first-order valence-electron chi connectivity index (χ1n) is 10.3. The first-order valence-corrected chi connectivity index (χ1v) is 11.2. The average Bonchev–Trinajstić information content (AvgIpc) is 3.23. The summed E-state index contributed by atoms with van der Waals surface area (Å²) in [5.74, 6) is 0.945. The van der Waals surface area contributed by atoms with Crippen LogP contribution in [0.15, 0.2) is 53.9 Å². The van der Waals surface area contributed by atoms with E-state index in [1.165, 1.54) is 11.3 Å². The smallest absolute Gasteiger partial charge is 0.341 e. The van der Waals surface area contributed by atoms with Crippen molar-refractivity contribution in [3.8, 4) is 28.4 Å². The fourth-order valence-electron chi connectivity index (χ4n) is 3.31. The number of benzene rings is 2. The number of carbonyl (C=O) groups is 2. The minimum atomic E-state index is -0.837. The zero-order valence-corrected chi connectivity index (χ0v) is 18.6. The van der Waals surface area contributed by atoms with Gasteiger partial charge in [0.25, 0.3) is 5.91 Å². The Morgan fingerprint density at radius 3 is 2.53 bits per heavy atom. The summed E-state index contributed by atoms with van der Waals surface area (Å²) in [4.78, 5) is 25.7. The molecular formula is C24H23NO6S. The second-order valence-corrected chi connectivity index (χ2v) is 7.76. The van der Waals surface area contributed by atoms with Crippen LogP contribution in [0.4, 0.5) is 5.00 Å². The van der Waals surface area contributed by atoms with E-state index in [1.54, 1.807) is 19.1 Å². The van der Waals surface area contributed by atoms with Crippen LogP contribution in [-0.4, -0.2) is 37.8 Å². The third-order valence-corrected chi connectivity index (χ3v) is 5.68. The molecule has 0 fully saturated rings. The Morgan fingerprint density at radius 1 is 1.06 bits per heavy atom. The molecule has 1 amide bonds. The molecule has 1 unspecified atom stereocenters. The number of rotatable bonds is 7. The normalized spacial score (nSPS) is 14.5. The Morgan fingerprint density at radius 2 is 1.81 bits per heavy atom. The molecule has 3 aromatic rings. The van der Waals surface area contributed by atoms with Crippen molar-refractivity contribution in [3.05, 3.63) is 59.5 Å². The van der Waals surface area contributed by atoms with Gasteiger partial charge in [0, 0.05) is 10.9 Å². The van der Waals surface area contributed by atoms with Gasteiger partial charge >= 0.3 is 5.97 Å². The summed E-state index contributed by atoms with van der Waals surface area (Å²) in [5, 5.41) is 5.05. The Balaban J connectivity index is 1.58. The molecule has 1 aliphatic heterocycles. The number of para-hydroxylation sites is 2. The average molecular weight is 454 g/mol. The van der Waals surface area contributed by atoms with Crippen molar-refractivity contribution < 1.29 is 28.5 Å². The largest absolute Gasteiger partial charge is 0.494 e. The predicted octanol–water partition coefficient (Wildman–Crippen LogP) is 4.77. The number of thiophene rings is 1. The van der Waals surface area contributed by atoms with Crippen molar-refractivity contribution in [1.82, 2.24) is 0 Å². The standard InChI is InChI=1S/C24H23NO6S/c1-3-28-16-11-9-15(10-12-16)17-14-32-23(21(17)24(27)29-4-2)25-22(26)20-13-30-18-7-5-6-8-19(18)31-20/h5-12,14,20H,3-4,13H2,1-2H3,(H,25,26). The fraction of sp³-hybridized carbons (Fsp3) is 0.250. The van der Waals surface area contributed by atoms with E-state index >= 15 is 0 Å². The van der Waals surface area contributed by atoms with Crippen molar-refractivity contribution >= 4 is 28.2 Å². The molecule has 1 aliphatic rings. The summed E-state index contributed by atoms with van der Waals surface area (Å²) >= 11 is 1.26. The van der Waals surface area contributed by atoms with E-state index in [9.17, 15) is 9.59 Å². The lowest BCUT2D eigenvalue weighted by atomic mass is 10.0. The summed E-state index contributed by atoms with van der Waals surface area (Å²) < 4.78 is 22.2. The zero-order valence-electron chi connectivity index (χ0n) is 17.8. The molecule has 0 radical (unpaired) electrons. The van der Waals surface area contributed by atoms with Gasteiger partial charge in [-0.15, -0.1) is 11.3 Å². The molecule has 1 aromatic heterocycles. The van der Waals surface area contributed by atoms with E-state index in [1.807, 2.05) is 48.7 Å². The molecule has 0 bridgehead atoms. The molecule has 7 nitrogen and oxygen atoms in total. The molecule has 166 valence electrons. The molecule has 1 N–H and O–H groups in total. The molecule has 32 heavy (non-hydrogen) atoms. The van der Waals surface area contributed by atoms with E-state index < -0.39 is 18.0 Å². The number of anilines is 1. The maximum Gasteiger partial charge on any atom is 0.341 e. The van der Waals surface area contributed by atoms with E-state index in [4.69, 9.17) is 18.9 Å². The summed E-state index contributed by atoms with van der Waals surface area (Å²) in [7, 11) is 0. The Bertz CT molecular complexity index is 1110. The van der Waals surface area contributed by atoms with Crippen LogP contribution in [0, 0.1) is 0 Å². The van der Waals surface area contributed by atoms with Gasteiger partial charge in [0.15, 0.2) is 11.5 Å². The van der Waals surface area contributed by atoms with E-state index in [-0.39, 0.29) is 13.2 Å². The molecule has 1 atom stereocenters. The Hall–Kier alpha value is -3.52. The molecule has 0 saturated carbocycles. The summed E-state index contributed by atoms with van der Waals surface area (Å²) in [5.41, 5.74) is 1.81. The summed E-state index contributed by atoms with van der Waals surface area (Å²) in [6.45, 7) is 4.53. The van der Waals surface area contributed by atoms with Gasteiger partial charge in [-0.3, -0.25) is 4.79 Å². The number of amides is 1. The number of fused-ring (bicyclic) bond motifs is 1. The maximum atomic E-state index is 12.9. The lowest BCUT2D eigenvalue weighted by Crippen LogP contribution is -2.40. The van der Waals surface area contributed by atoms with Crippen LogP contribution in [-0.2, 0) is 9.53 Å². The van der Waals surface area contributed by atoms with Crippen molar-refractivity contribution in [1.29, 1.82) is 0 Å². The first kappa shape index (κ1) is 21.7. The van der Waals surface area contributed by atoms with Crippen LogP contribution in [0.1, 0.15) is 24.2 Å². The van der Waals surface area contributed by atoms with Gasteiger partial charge in [-0.2, -0.15) is 0 Å². The highest BCUT2D eigenvalue weighted by Gasteiger charge is 2.30. The lowest BCUT2D eigenvalue weighted by molar-refractivity contribution is -0.125. The quantitative estimate of drug-likeness (QED) is 0.519. The Kier molecular flexibility index (Phi) is 6.61. The van der Waals surface area contributed by atoms with Crippen molar-refractivity contribution in [3.63, 3.8) is 0 Å². The third kappa shape index (κ3) is 4.55. The van der Waals surface area contributed by atoms with Crippen LogP contribution in [0.3, 0.4) is 0 Å². The van der Waals surface area contributed by atoms with Crippen LogP contribution >= 0.6 is 11.3 Å². The Labute approximate surface area is 189 Å². The SMILES string of the molecule is CCOC(=O)c1c(-c2ccc(OCC)cc2)csc1NC(=O)C1COc2ccccc2O1. The van der Waals surface area contributed by atoms with E-state index in [2.05, 4.69) is 5.32 Å². The van der Waals surface area contributed by atoms with Crippen molar-refractivity contribution in [2.45, 2.75) is 20.0 Å². The maximum absolute atomic E-state index is 12.9. The third-order valence-electron chi connectivity index (χ3n) is 4.78. The monoisotopic (exact) mass is 453 g/mol. The van der Waals surface area contributed by atoms with Gasteiger partial charge in [-0.25, -0.2) is 4.79 Å². The molecule has 2 heterocycles. The van der Waals surface area contributed by atoms with Gasteiger partial charge in [-0.05, 0) is 43.7 Å². The second-order valence-electron chi connectivity index (χ2n) is 6.88. The van der Waals surface area contributed by atoms with Gasteiger partial charge in [0.05, 0.1) is 13.2 Å². The predicted molar refractivity (Wildman–Crippen MR) is 122 cm³/mol. The van der Waals surface area contributed by atoms with Crippen LogP contribution in [0.5, 0.6) is 17.2 Å². The minimum absolute atomic E-state index is 0.0781. The molecule has 2 aromatic carbocycles. The topological polar surface area (TPSA) is 83.1 Å². The molecule has 0 spiro atoms. The number of nitrogens with one attached hydrogen (secondary N) is 1. The highest BCUT2D eigenvalue weighted by Crippen LogP contribution is 2.37. The van der Waals surface area contributed by atoms with Gasteiger partial charge < -0.3 is 24.3 Å². The number of hydrogen-bond donors (Lipinski definition) is 1. The van der Waals surface area contributed by atoms with E-state index in [0.29, 0.717) is 34.2 Å². The first-order chi connectivity index (χ1) is 15.6.